The minimum absolute atomic E-state index is 0.0209. The molecule has 0 saturated heterocycles. The Balaban J connectivity index is 1.68. The van der Waals surface area contributed by atoms with Crippen LogP contribution in [0.25, 0.3) is 0 Å². The van der Waals surface area contributed by atoms with Gasteiger partial charge < -0.3 is 5.32 Å². The molecule has 0 unspecified atom stereocenters. The van der Waals surface area contributed by atoms with Crippen LogP contribution in [0, 0.1) is 0 Å². The Labute approximate surface area is 135 Å². The summed E-state index contributed by atoms with van der Waals surface area (Å²) in [4.78, 5) is 14.7. The summed E-state index contributed by atoms with van der Waals surface area (Å²) in [6, 6.07) is 15.5. The molecule has 0 bridgehead atoms. The number of fused-ring (bicyclic) bond motifs is 1. The molecule has 1 aliphatic heterocycles. The van der Waals surface area contributed by atoms with Crippen molar-refractivity contribution in [2.45, 2.75) is 25.9 Å². The Morgan fingerprint density at radius 1 is 1.14 bits per heavy atom. The van der Waals surface area contributed by atoms with Crippen LogP contribution in [-0.2, 0) is 17.8 Å². The Kier molecular flexibility index (Phi) is 4.46. The monoisotopic (exact) mass is 314 g/mol. The Bertz CT molecular complexity index is 686. The molecule has 0 spiro atoms. The number of halogens is 1. The number of para-hydroxylation sites is 1. The molecule has 3 rings (SSSR count). The summed E-state index contributed by atoms with van der Waals surface area (Å²) >= 11 is 6.10. The molecule has 0 fully saturated rings. The number of nitrogens with zero attached hydrogens (tertiary/aromatic N) is 1. The number of hydrogen-bond acceptors (Lipinski definition) is 2. The van der Waals surface area contributed by atoms with Crippen LogP contribution in [0.5, 0.6) is 0 Å². The molecule has 1 atom stereocenters. The summed E-state index contributed by atoms with van der Waals surface area (Å²) in [6.45, 7) is 3.65. The van der Waals surface area contributed by atoms with Gasteiger partial charge in [0.15, 0.2) is 0 Å². The van der Waals surface area contributed by atoms with Crippen molar-refractivity contribution in [2.24, 2.45) is 0 Å². The number of carbonyl (C=O) groups excluding carboxylic acids is 1. The third-order valence-corrected chi connectivity index (χ3v) is 4.55. The first-order valence-electron chi connectivity index (χ1n) is 7.51. The summed E-state index contributed by atoms with van der Waals surface area (Å²) < 4.78 is 0. The van der Waals surface area contributed by atoms with E-state index in [1.807, 2.05) is 25.1 Å². The van der Waals surface area contributed by atoms with Gasteiger partial charge in [-0.3, -0.25) is 9.69 Å². The maximum Gasteiger partial charge on any atom is 0.241 e. The van der Waals surface area contributed by atoms with Gasteiger partial charge in [-0.1, -0.05) is 48.0 Å². The van der Waals surface area contributed by atoms with Crippen molar-refractivity contribution in [3.8, 4) is 0 Å². The zero-order valence-electron chi connectivity index (χ0n) is 12.6. The average Bonchev–Trinajstić information content (AvgIpc) is 2.55. The SMILES string of the molecule is C[C@@H](C(=O)Nc1ccccc1Cl)N1CCc2ccccc2C1. The van der Waals surface area contributed by atoms with Gasteiger partial charge in [0, 0.05) is 13.1 Å². The van der Waals surface area contributed by atoms with Crippen LogP contribution in [0.15, 0.2) is 48.5 Å². The van der Waals surface area contributed by atoms with Gasteiger partial charge >= 0.3 is 0 Å². The van der Waals surface area contributed by atoms with E-state index in [1.54, 1.807) is 6.07 Å². The highest BCUT2D eigenvalue weighted by Crippen LogP contribution is 2.23. The molecule has 4 heteroatoms. The molecule has 1 amide bonds. The highest BCUT2D eigenvalue weighted by Gasteiger charge is 2.25. The van der Waals surface area contributed by atoms with Crippen molar-refractivity contribution < 1.29 is 4.79 Å². The topological polar surface area (TPSA) is 32.3 Å². The fraction of sp³-hybridized carbons (Fsp3) is 0.278. The molecule has 1 heterocycles. The highest BCUT2D eigenvalue weighted by molar-refractivity contribution is 6.33. The first-order chi connectivity index (χ1) is 10.6. The van der Waals surface area contributed by atoms with Crippen molar-refractivity contribution in [1.29, 1.82) is 0 Å². The zero-order chi connectivity index (χ0) is 15.5. The lowest BCUT2D eigenvalue weighted by Crippen LogP contribution is -2.44. The maximum absolute atomic E-state index is 12.5. The lowest BCUT2D eigenvalue weighted by molar-refractivity contribution is -0.121. The van der Waals surface area contributed by atoms with E-state index in [0.717, 1.165) is 19.5 Å². The number of nitrogens with one attached hydrogen (secondary N) is 1. The highest BCUT2D eigenvalue weighted by atomic mass is 35.5. The number of amides is 1. The van der Waals surface area contributed by atoms with Gasteiger partial charge in [0.25, 0.3) is 0 Å². The quantitative estimate of drug-likeness (QED) is 0.936. The molecule has 3 nitrogen and oxygen atoms in total. The van der Waals surface area contributed by atoms with Gasteiger partial charge in [0.2, 0.25) is 5.91 Å². The van der Waals surface area contributed by atoms with Crippen LogP contribution in [0.1, 0.15) is 18.1 Å². The smallest absolute Gasteiger partial charge is 0.241 e. The molecule has 1 N–H and O–H groups in total. The fourth-order valence-corrected chi connectivity index (χ4v) is 3.00. The van der Waals surface area contributed by atoms with E-state index in [9.17, 15) is 4.79 Å². The summed E-state index contributed by atoms with van der Waals surface area (Å²) in [5.74, 6) is -0.0209. The molecular weight excluding hydrogens is 296 g/mol. The second kappa shape index (κ2) is 6.51. The van der Waals surface area contributed by atoms with E-state index in [0.29, 0.717) is 10.7 Å². The molecule has 2 aromatic carbocycles. The van der Waals surface area contributed by atoms with Gasteiger partial charge in [-0.15, -0.1) is 0 Å². The summed E-state index contributed by atoms with van der Waals surface area (Å²) in [5.41, 5.74) is 3.36. The minimum atomic E-state index is -0.190. The predicted octanol–water partition coefficient (Wildman–Crippen LogP) is 3.73. The molecular formula is C18H19ClN2O. The first-order valence-corrected chi connectivity index (χ1v) is 7.89. The molecule has 1 aliphatic rings. The van der Waals surface area contributed by atoms with E-state index in [2.05, 4.69) is 34.5 Å². The van der Waals surface area contributed by atoms with Crippen LogP contribution < -0.4 is 5.32 Å². The molecule has 22 heavy (non-hydrogen) atoms. The maximum atomic E-state index is 12.5. The standard InChI is InChI=1S/C18H19ClN2O/c1-13(18(22)20-17-9-5-4-8-16(17)19)21-11-10-14-6-2-3-7-15(14)12-21/h2-9,13H,10-12H2,1H3,(H,20,22)/t13-/m0/s1. The Hall–Kier alpha value is -1.84. The Morgan fingerprint density at radius 2 is 1.82 bits per heavy atom. The van der Waals surface area contributed by atoms with Gasteiger partial charge in [-0.2, -0.15) is 0 Å². The number of anilines is 1. The number of carbonyl (C=O) groups is 1. The van der Waals surface area contributed by atoms with E-state index in [-0.39, 0.29) is 11.9 Å². The summed E-state index contributed by atoms with van der Waals surface area (Å²) in [5, 5.41) is 3.48. The minimum Gasteiger partial charge on any atom is -0.323 e. The lowest BCUT2D eigenvalue weighted by Gasteiger charge is -2.32. The largest absolute Gasteiger partial charge is 0.323 e. The number of rotatable bonds is 3. The zero-order valence-corrected chi connectivity index (χ0v) is 13.3. The van der Waals surface area contributed by atoms with Crippen LogP contribution in [-0.4, -0.2) is 23.4 Å². The van der Waals surface area contributed by atoms with Crippen molar-refractivity contribution in [3.63, 3.8) is 0 Å². The number of benzene rings is 2. The average molecular weight is 315 g/mol. The summed E-state index contributed by atoms with van der Waals surface area (Å²) in [7, 11) is 0. The summed E-state index contributed by atoms with van der Waals surface area (Å²) in [6.07, 6.45) is 0.986. The van der Waals surface area contributed by atoms with Crippen molar-refractivity contribution in [1.82, 2.24) is 4.90 Å². The van der Waals surface area contributed by atoms with Crippen LogP contribution in [0.3, 0.4) is 0 Å². The van der Waals surface area contributed by atoms with Crippen LogP contribution >= 0.6 is 11.6 Å². The van der Waals surface area contributed by atoms with E-state index >= 15 is 0 Å². The van der Waals surface area contributed by atoms with E-state index in [1.165, 1.54) is 11.1 Å². The van der Waals surface area contributed by atoms with Crippen molar-refractivity contribution >= 4 is 23.2 Å². The van der Waals surface area contributed by atoms with Crippen molar-refractivity contribution in [2.75, 3.05) is 11.9 Å². The van der Waals surface area contributed by atoms with Crippen molar-refractivity contribution in [3.05, 3.63) is 64.7 Å². The van der Waals surface area contributed by atoms with Gasteiger partial charge in [-0.05, 0) is 36.6 Å². The molecule has 114 valence electrons. The molecule has 2 aromatic rings. The second-order valence-corrected chi connectivity index (χ2v) is 6.04. The number of hydrogen-bond donors (Lipinski definition) is 1. The second-order valence-electron chi connectivity index (χ2n) is 5.63. The first kappa shape index (κ1) is 15.1. The van der Waals surface area contributed by atoms with Gasteiger partial charge in [0.1, 0.15) is 0 Å². The van der Waals surface area contributed by atoms with E-state index < -0.39 is 0 Å². The van der Waals surface area contributed by atoms with Gasteiger partial charge in [0.05, 0.1) is 16.8 Å². The van der Waals surface area contributed by atoms with Crippen LogP contribution in [0.4, 0.5) is 5.69 Å². The third-order valence-electron chi connectivity index (χ3n) is 4.22. The molecule has 0 saturated carbocycles. The Morgan fingerprint density at radius 3 is 2.59 bits per heavy atom. The van der Waals surface area contributed by atoms with E-state index in [4.69, 9.17) is 11.6 Å². The van der Waals surface area contributed by atoms with Crippen LogP contribution in [0.2, 0.25) is 5.02 Å². The third kappa shape index (κ3) is 3.16. The normalized spacial score (nSPS) is 15.9. The molecule has 0 aliphatic carbocycles. The lowest BCUT2D eigenvalue weighted by atomic mass is 9.99. The fourth-order valence-electron chi connectivity index (χ4n) is 2.81. The predicted molar refractivity (Wildman–Crippen MR) is 90.1 cm³/mol. The molecule has 0 radical (unpaired) electrons. The molecule has 0 aromatic heterocycles. The van der Waals surface area contributed by atoms with Gasteiger partial charge in [-0.25, -0.2) is 0 Å².